The smallest absolute Gasteiger partial charge is 0.329 e. The van der Waals surface area contributed by atoms with Gasteiger partial charge in [-0.1, -0.05) is 0 Å². The van der Waals surface area contributed by atoms with Gasteiger partial charge in [-0.15, -0.1) is 0 Å². The maximum absolute atomic E-state index is 13.3. The van der Waals surface area contributed by atoms with E-state index in [9.17, 15) is 9.59 Å². The number of rotatable bonds is 2. The van der Waals surface area contributed by atoms with Crippen LogP contribution in [0, 0.1) is 6.92 Å². The van der Waals surface area contributed by atoms with Crippen LogP contribution in [-0.2, 0) is 0 Å². The van der Waals surface area contributed by atoms with Crippen molar-refractivity contribution >= 4 is 40.2 Å². The molecule has 2 amide bonds. The Kier molecular flexibility index (Phi) is 3.97. The number of H-pyrrole nitrogens is 1. The highest BCUT2D eigenvalue weighted by Gasteiger charge is 2.38. The molecule has 3 aromatic rings. The van der Waals surface area contributed by atoms with Gasteiger partial charge in [-0.05, 0) is 44.0 Å². The summed E-state index contributed by atoms with van der Waals surface area (Å²) in [5, 5.41) is 10.7. The predicted octanol–water partition coefficient (Wildman–Crippen LogP) is 2.88. The zero-order chi connectivity index (χ0) is 20.1. The number of nitrogens with zero attached hydrogens (tertiary/aromatic N) is 5. The van der Waals surface area contributed by atoms with E-state index < -0.39 is 0 Å². The van der Waals surface area contributed by atoms with Crippen LogP contribution in [0.15, 0.2) is 24.3 Å². The summed E-state index contributed by atoms with van der Waals surface area (Å²) in [4.78, 5) is 38.0. The van der Waals surface area contributed by atoms with Crippen molar-refractivity contribution in [1.82, 2.24) is 20.2 Å². The van der Waals surface area contributed by atoms with Crippen molar-refractivity contribution in [3.8, 4) is 0 Å². The molecule has 29 heavy (non-hydrogen) atoms. The number of pyridine rings is 2. The molecule has 9 heteroatoms. The maximum atomic E-state index is 13.3. The molecule has 5 heterocycles. The number of amides is 2. The Hall–Kier alpha value is -3.49. The van der Waals surface area contributed by atoms with E-state index >= 15 is 0 Å². The average molecular weight is 391 g/mol. The van der Waals surface area contributed by atoms with Gasteiger partial charge in [0.25, 0.3) is 0 Å². The maximum Gasteiger partial charge on any atom is 0.329 e. The summed E-state index contributed by atoms with van der Waals surface area (Å²) in [7, 11) is 0. The van der Waals surface area contributed by atoms with E-state index in [1.807, 2.05) is 25.1 Å². The number of ketones is 1. The fourth-order valence-corrected chi connectivity index (χ4v) is 4.14. The minimum atomic E-state index is -0.306. The molecule has 1 fully saturated rings. The molecule has 148 valence electrons. The van der Waals surface area contributed by atoms with E-state index in [0.29, 0.717) is 23.0 Å². The molecule has 1 atom stereocenters. The average Bonchev–Trinajstić information content (AvgIpc) is 3.09. The molecular formula is C20H21N7O2. The van der Waals surface area contributed by atoms with E-state index in [4.69, 9.17) is 0 Å². The first-order valence-corrected chi connectivity index (χ1v) is 9.70. The number of carbonyl (C=O) groups is 2. The number of aromatic amines is 1. The molecule has 9 nitrogen and oxygen atoms in total. The molecule has 3 aromatic heterocycles. The first-order valence-electron chi connectivity index (χ1n) is 9.70. The third-order valence-electron chi connectivity index (χ3n) is 5.55. The van der Waals surface area contributed by atoms with Gasteiger partial charge in [-0.2, -0.15) is 5.10 Å². The van der Waals surface area contributed by atoms with Crippen LogP contribution in [0.5, 0.6) is 0 Å². The number of aryl methyl sites for hydroxylation is 1. The molecular weight excluding hydrogens is 370 g/mol. The minimum absolute atomic E-state index is 0.00321. The van der Waals surface area contributed by atoms with E-state index in [0.717, 1.165) is 42.7 Å². The predicted molar refractivity (Wildman–Crippen MR) is 110 cm³/mol. The molecule has 2 aliphatic heterocycles. The summed E-state index contributed by atoms with van der Waals surface area (Å²) >= 11 is 0. The summed E-state index contributed by atoms with van der Waals surface area (Å²) in [6.07, 6.45) is 1.88. The van der Waals surface area contributed by atoms with E-state index in [-0.39, 0.29) is 17.9 Å². The summed E-state index contributed by atoms with van der Waals surface area (Å²) in [5.74, 6) is 0.832. The van der Waals surface area contributed by atoms with E-state index in [1.54, 1.807) is 11.0 Å². The van der Waals surface area contributed by atoms with Crippen molar-refractivity contribution in [2.75, 3.05) is 28.2 Å². The molecule has 1 unspecified atom stereocenters. The number of hydrogen-bond donors (Lipinski definition) is 2. The Morgan fingerprint density at radius 3 is 2.90 bits per heavy atom. The highest BCUT2D eigenvalue weighted by atomic mass is 16.2. The second kappa shape index (κ2) is 6.54. The number of piperidine rings is 1. The zero-order valence-electron chi connectivity index (χ0n) is 16.3. The number of aromatic nitrogens is 4. The van der Waals surface area contributed by atoms with Crippen LogP contribution in [0.4, 0.5) is 22.1 Å². The zero-order valence-corrected chi connectivity index (χ0v) is 16.3. The molecule has 0 aliphatic carbocycles. The standard InChI is InChI=1S/C20H21N7O2/c1-11-5-6-14-17(21-11)24-25-18(14)23-20(29)27-13-4-3-9-26(10-13)16-8-7-15(12(2)28)22-19(16)27/h5-8,13H,3-4,9-10H2,1-2H3,(H2,21,23,24,25,29). The highest BCUT2D eigenvalue weighted by molar-refractivity contribution is 6.07. The lowest BCUT2D eigenvalue weighted by atomic mass is 9.99. The lowest BCUT2D eigenvalue weighted by Gasteiger charge is -2.45. The summed E-state index contributed by atoms with van der Waals surface area (Å²) < 4.78 is 0. The summed E-state index contributed by atoms with van der Waals surface area (Å²) in [5.41, 5.74) is 2.73. The van der Waals surface area contributed by atoms with Crippen LogP contribution in [0.1, 0.15) is 35.9 Å². The van der Waals surface area contributed by atoms with Gasteiger partial charge in [0.05, 0.1) is 17.1 Å². The fourth-order valence-electron chi connectivity index (χ4n) is 4.14. The fraction of sp³-hybridized carbons (Fsp3) is 0.350. The Bertz CT molecular complexity index is 1140. The van der Waals surface area contributed by atoms with Crippen molar-refractivity contribution in [3.63, 3.8) is 0 Å². The monoisotopic (exact) mass is 391 g/mol. The van der Waals surface area contributed by atoms with E-state index in [2.05, 4.69) is 30.4 Å². The van der Waals surface area contributed by atoms with Crippen LogP contribution >= 0.6 is 0 Å². The van der Waals surface area contributed by atoms with Crippen molar-refractivity contribution in [3.05, 3.63) is 35.7 Å². The quantitative estimate of drug-likeness (QED) is 0.651. The van der Waals surface area contributed by atoms with Gasteiger partial charge in [0.1, 0.15) is 5.69 Å². The van der Waals surface area contributed by atoms with Gasteiger partial charge in [0, 0.05) is 25.7 Å². The summed E-state index contributed by atoms with van der Waals surface area (Å²) in [6.45, 7) is 5.06. The van der Waals surface area contributed by atoms with E-state index in [1.165, 1.54) is 6.92 Å². The number of fused-ring (bicyclic) bond motifs is 5. The first kappa shape index (κ1) is 17.6. The molecule has 1 saturated heterocycles. The van der Waals surface area contributed by atoms with Gasteiger partial charge in [0.2, 0.25) is 0 Å². The van der Waals surface area contributed by atoms with Crippen molar-refractivity contribution in [1.29, 1.82) is 0 Å². The Balaban J connectivity index is 1.53. The topological polar surface area (TPSA) is 107 Å². The molecule has 0 aromatic carbocycles. The third kappa shape index (κ3) is 2.89. The second-order valence-electron chi connectivity index (χ2n) is 7.56. The van der Waals surface area contributed by atoms with Crippen molar-refractivity contribution < 1.29 is 9.59 Å². The van der Waals surface area contributed by atoms with Gasteiger partial charge in [-0.25, -0.2) is 14.8 Å². The SMILES string of the molecule is CC(=O)c1ccc2c(n1)N(C(=O)Nc1n[nH]c3nc(C)ccc13)C1CCCN2C1. The van der Waals surface area contributed by atoms with Gasteiger partial charge in [0.15, 0.2) is 23.1 Å². The minimum Gasteiger partial charge on any atom is -0.366 e. The normalized spacial score (nSPS) is 17.9. The van der Waals surface area contributed by atoms with Crippen molar-refractivity contribution in [2.45, 2.75) is 32.7 Å². The third-order valence-corrected chi connectivity index (χ3v) is 5.55. The van der Waals surface area contributed by atoms with Crippen molar-refractivity contribution in [2.24, 2.45) is 0 Å². The number of hydrogen-bond acceptors (Lipinski definition) is 6. The van der Waals surface area contributed by atoms with Crippen LogP contribution in [0.25, 0.3) is 11.0 Å². The van der Waals surface area contributed by atoms with Gasteiger partial charge < -0.3 is 4.90 Å². The Morgan fingerprint density at radius 1 is 1.21 bits per heavy atom. The number of nitrogens with one attached hydrogen (secondary N) is 2. The lowest BCUT2D eigenvalue weighted by molar-refractivity contribution is 0.101. The molecule has 2 N–H and O–H groups in total. The Labute approximate surface area is 167 Å². The first-order chi connectivity index (χ1) is 14.0. The largest absolute Gasteiger partial charge is 0.366 e. The molecule has 0 saturated carbocycles. The summed E-state index contributed by atoms with van der Waals surface area (Å²) in [6, 6.07) is 7.06. The Morgan fingerprint density at radius 2 is 2.07 bits per heavy atom. The van der Waals surface area contributed by atoms with Crippen LogP contribution in [0.3, 0.4) is 0 Å². The molecule has 2 aliphatic rings. The molecule has 0 spiro atoms. The second-order valence-corrected chi connectivity index (χ2v) is 7.56. The molecule has 2 bridgehead atoms. The van der Waals surface area contributed by atoms with Crippen LogP contribution in [-0.4, -0.2) is 51.1 Å². The number of carbonyl (C=O) groups excluding carboxylic acids is 2. The molecule has 0 radical (unpaired) electrons. The highest BCUT2D eigenvalue weighted by Crippen LogP contribution is 2.38. The van der Waals surface area contributed by atoms with Gasteiger partial charge >= 0.3 is 6.03 Å². The molecule has 5 rings (SSSR count). The van der Waals surface area contributed by atoms with Crippen LogP contribution < -0.4 is 15.1 Å². The number of anilines is 3. The lowest BCUT2D eigenvalue weighted by Crippen LogP contribution is -2.56. The van der Waals surface area contributed by atoms with Crippen LogP contribution in [0.2, 0.25) is 0 Å². The number of urea groups is 1. The van der Waals surface area contributed by atoms with Gasteiger partial charge in [-0.3, -0.25) is 20.1 Å². The number of Topliss-reactive ketones (excluding diaryl/α,β-unsaturated/α-hetero) is 1.